The predicted octanol–water partition coefficient (Wildman–Crippen LogP) is 5.26. The molecule has 27 heavy (non-hydrogen) atoms. The van der Waals surface area contributed by atoms with Crippen LogP contribution in [0.3, 0.4) is 0 Å². The average Bonchev–Trinajstić information content (AvgIpc) is 3.49. The Morgan fingerprint density at radius 1 is 1.19 bits per heavy atom. The van der Waals surface area contributed by atoms with Gasteiger partial charge in [-0.25, -0.2) is 9.18 Å². The van der Waals surface area contributed by atoms with Gasteiger partial charge in [-0.1, -0.05) is 11.6 Å². The molecule has 1 saturated carbocycles. The van der Waals surface area contributed by atoms with Crippen LogP contribution >= 0.6 is 11.6 Å². The molecule has 1 aliphatic rings. The molecule has 1 aromatic carbocycles. The number of nitrogens with zero attached hydrogens (tertiary/aromatic N) is 2. The third-order valence-electron chi connectivity index (χ3n) is 4.48. The van der Waals surface area contributed by atoms with Crippen molar-refractivity contribution in [3.05, 3.63) is 70.9 Å². The lowest BCUT2D eigenvalue weighted by atomic mass is 10.1. The van der Waals surface area contributed by atoms with Crippen molar-refractivity contribution in [2.45, 2.75) is 18.8 Å². The highest BCUT2D eigenvalue weighted by molar-refractivity contribution is 6.30. The maximum absolute atomic E-state index is 14.3. The second-order valence-electron chi connectivity index (χ2n) is 6.41. The van der Waals surface area contributed by atoms with E-state index < -0.39 is 11.8 Å². The number of anilines is 2. The number of carboxylic acid groups (broad SMARTS) is 1. The molecule has 2 aromatic heterocycles. The molecular formula is C20H15ClFN3O2. The normalized spacial score (nSPS) is 13.4. The second-order valence-corrected chi connectivity index (χ2v) is 6.84. The standard InChI is InChI=1S/C20H15ClFN3O2/c21-12-3-4-16(22)13(7-12)18-8-19(14(10-24-18)11-1-2-11)25-17-5-6-23-9-15(17)20(26)27/h3-11H,1-2H2,(H,26,27)(H,23,24,25). The molecule has 0 unspecified atom stereocenters. The summed E-state index contributed by atoms with van der Waals surface area (Å²) in [6.07, 6.45) is 6.62. The highest BCUT2D eigenvalue weighted by Gasteiger charge is 2.27. The highest BCUT2D eigenvalue weighted by atomic mass is 35.5. The summed E-state index contributed by atoms with van der Waals surface area (Å²) in [6, 6.07) is 7.63. The zero-order chi connectivity index (χ0) is 19.0. The van der Waals surface area contributed by atoms with Crippen molar-refractivity contribution in [1.82, 2.24) is 9.97 Å². The van der Waals surface area contributed by atoms with Crippen LogP contribution in [0.25, 0.3) is 11.3 Å². The van der Waals surface area contributed by atoms with Crippen molar-refractivity contribution < 1.29 is 14.3 Å². The average molecular weight is 384 g/mol. The molecule has 0 amide bonds. The van der Waals surface area contributed by atoms with Gasteiger partial charge in [0, 0.05) is 34.9 Å². The molecule has 2 N–H and O–H groups in total. The van der Waals surface area contributed by atoms with Crippen LogP contribution in [0.5, 0.6) is 0 Å². The Balaban J connectivity index is 1.79. The van der Waals surface area contributed by atoms with E-state index in [4.69, 9.17) is 11.6 Å². The minimum absolute atomic E-state index is 0.0616. The summed E-state index contributed by atoms with van der Waals surface area (Å²) in [5, 5.41) is 13.0. The Bertz CT molecular complexity index is 1040. The SMILES string of the molecule is O=C(O)c1cnccc1Nc1cc(-c2cc(Cl)ccc2F)ncc1C1CC1. The minimum Gasteiger partial charge on any atom is -0.478 e. The number of halogens is 2. The van der Waals surface area contributed by atoms with E-state index in [0.717, 1.165) is 18.4 Å². The van der Waals surface area contributed by atoms with E-state index in [1.807, 2.05) is 0 Å². The fourth-order valence-corrected chi connectivity index (χ4v) is 3.13. The number of aromatic nitrogens is 2. The Morgan fingerprint density at radius 3 is 2.74 bits per heavy atom. The largest absolute Gasteiger partial charge is 0.478 e. The van der Waals surface area contributed by atoms with Gasteiger partial charge in [0.25, 0.3) is 0 Å². The van der Waals surface area contributed by atoms with Crippen molar-refractivity contribution in [2.24, 2.45) is 0 Å². The van der Waals surface area contributed by atoms with Gasteiger partial charge >= 0.3 is 5.97 Å². The third kappa shape index (κ3) is 3.61. The lowest BCUT2D eigenvalue weighted by Crippen LogP contribution is -2.05. The Hall–Kier alpha value is -2.99. The van der Waals surface area contributed by atoms with Crippen LogP contribution in [0.15, 0.2) is 48.9 Å². The number of hydrogen-bond acceptors (Lipinski definition) is 4. The van der Waals surface area contributed by atoms with E-state index in [1.54, 1.807) is 18.3 Å². The van der Waals surface area contributed by atoms with Crippen molar-refractivity contribution in [3.8, 4) is 11.3 Å². The van der Waals surface area contributed by atoms with Crippen molar-refractivity contribution in [1.29, 1.82) is 0 Å². The molecule has 0 spiro atoms. The fourth-order valence-electron chi connectivity index (χ4n) is 2.95. The summed E-state index contributed by atoms with van der Waals surface area (Å²) in [4.78, 5) is 19.7. The molecule has 3 aromatic rings. The number of carboxylic acids is 1. The molecule has 5 nitrogen and oxygen atoms in total. The number of aromatic carboxylic acids is 1. The Labute approximate surface area is 159 Å². The molecule has 0 saturated heterocycles. The summed E-state index contributed by atoms with van der Waals surface area (Å²) in [6.45, 7) is 0. The number of carbonyl (C=O) groups is 1. The lowest BCUT2D eigenvalue weighted by Gasteiger charge is -2.15. The molecule has 0 bridgehead atoms. The quantitative estimate of drug-likeness (QED) is 0.629. The lowest BCUT2D eigenvalue weighted by molar-refractivity contribution is 0.0697. The van der Waals surface area contributed by atoms with E-state index >= 15 is 0 Å². The first kappa shape index (κ1) is 17.4. The van der Waals surface area contributed by atoms with E-state index in [-0.39, 0.29) is 5.56 Å². The smallest absolute Gasteiger partial charge is 0.339 e. The van der Waals surface area contributed by atoms with E-state index in [2.05, 4.69) is 15.3 Å². The van der Waals surface area contributed by atoms with Crippen molar-refractivity contribution in [3.63, 3.8) is 0 Å². The number of nitrogens with one attached hydrogen (secondary N) is 1. The summed E-state index contributed by atoms with van der Waals surface area (Å²) < 4.78 is 14.3. The highest BCUT2D eigenvalue weighted by Crippen LogP contribution is 2.44. The zero-order valence-corrected chi connectivity index (χ0v) is 14.9. The van der Waals surface area contributed by atoms with Gasteiger partial charge in [-0.3, -0.25) is 9.97 Å². The van der Waals surface area contributed by atoms with Gasteiger partial charge in [-0.05, 0) is 54.7 Å². The minimum atomic E-state index is -1.08. The number of rotatable bonds is 5. The first-order valence-corrected chi connectivity index (χ1v) is 8.80. The first-order chi connectivity index (χ1) is 13.0. The Kier molecular flexibility index (Phi) is 4.49. The molecule has 136 valence electrons. The summed E-state index contributed by atoms with van der Waals surface area (Å²) in [5.74, 6) is -1.13. The fraction of sp³-hybridized carbons (Fsp3) is 0.150. The summed E-state index contributed by atoms with van der Waals surface area (Å²) >= 11 is 6.00. The molecule has 0 atom stereocenters. The summed E-state index contributed by atoms with van der Waals surface area (Å²) in [5.41, 5.74) is 2.88. The molecule has 4 rings (SSSR count). The van der Waals surface area contributed by atoms with E-state index in [0.29, 0.717) is 33.6 Å². The topological polar surface area (TPSA) is 75.1 Å². The van der Waals surface area contributed by atoms with Gasteiger partial charge < -0.3 is 10.4 Å². The van der Waals surface area contributed by atoms with Crippen LogP contribution in [-0.4, -0.2) is 21.0 Å². The van der Waals surface area contributed by atoms with Crippen LogP contribution in [-0.2, 0) is 0 Å². The number of hydrogen-bond donors (Lipinski definition) is 2. The third-order valence-corrected chi connectivity index (χ3v) is 4.71. The molecular weight excluding hydrogens is 369 g/mol. The maximum Gasteiger partial charge on any atom is 0.339 e. The van der Waals surface area contributed by atoms with Crippen molar-refractivity contribution >= 4 is 28.9 Å². The van der Waals surface area contributed by atoms with Gasteiger partial charge in [-0.2, -0.15) is 0 Å². The molecule has 2 heterocycles. The first-order valence-electron chi connectivity index (χ1n) is 8.42. The monoisotopic (exact) mass is 383 g/mol. The zero-order valence-electron chi connectivity index (χ0n) is 14.1. The van der Waals surface area contributed by atoms with Gasteiger partial charge in [0.2, 0.25) is 0 Å². The maximum atomic E-state index is 14.3. The molecule has 7 heteroatoms. The second kappa shape index (κ2) is 6.96. The van der Waals surface area contributed by atoms with Gasteiger partial charge in [0.05, 0.1) is 11.4 Å². The molecule has 0 radical (unpaired) electrons. The molecule has 1 fully saturated rings. The van der Waals surface area contributed by atoms with Gasteiger partial charge in [0.15, 0.2) is 0 Å². The molecule has 1 aliphatic carbocycles. The Morgan fingerprint density at radius 2 is 2.00 bits per heavy atom. The number of benzene rings is 1. The number of pyridine rings is 2. The van der Waals surface area contributed by atoms with Crippen LogP contribution < -0.4 is 5.32 Å². The predicted molar refractivity (Wildman–Crippen MR) is 101 cm³/mol. The summed E-state index contributed by atoms with van der Waals surface area (Å²) in [7, 11) is 0. The van der Waals surface area contributed by atoms with Gasteiger partial charge in [-0.15, -0.1) is 0 Å². The van der Waals surface area contributed by atoms with Crippen LogP contribution in [0, 0.1) is 5.82 Å². The van der Waals surface area contributed by atoms with Crippen LogP contribution in [0.4, 0.5) is 15.8 Å². The molecule has 0 aliphatic heterocycles. The van der Waals surface area contributed by atoms with E-state index in [9.17, 15) is 14.3 Å². The van der Waals surface area contributed by atoms with Gasteiger partial charge in [0.1, 0.15) is 11.4 Å². The van der Waals surface area contributed by atoms with Crippen LogP contribution in [0.2, 0.25) is 5.02 Å². The van der Waals surface area contributed by atoms with Crippen LogP contribution in [0.1, 0.15) is 34.7 Å². The van der Waals surface area contributed by atoms with E-state index in [1.165, 1.54) is 30.6 Å². The van der Waals surface area contributed by atoms with Crippen molar-refractivity contribution in [2.75, 3.05) is 5.32 Å².